The lowest BCUT2D eigenvalue weighted by Gasteiger charge is -2.04. The van der Waals surface area contributed by atoms with Crippen LogP contribution in [0.2, 0.25) is 0 Å². The molecular weight excluding hydrogens is 216 g/mol. The average molecular weight is 230 g/mol. The van der Waals surface area contributed by atoms with Gasteiger partial charge in [0.25, 0.3) is 5.91 Å². The molecule has 2 heterocycles. The molecule has 0 aromatic carbocycles. The molecule has 0 atom stereocenters. The summed E-state index contributed by atoms with van der Waals surface area (Å²) in [6, 6.07) is 5.54. The third-order valence-corrected chi connectivity index (χ3v) is 2.53. The largest absolute Gasteiger partial charge is 0.469 e. The Hall–Kier alpha value is -2.10. The van der Waals surface area contributed by atoms with Crippen molar-refractivity contribution in [3.63, 3.8) is 0 Å². The predicted molar refractivity (Wildman–Crippen MR) is 63.6 cm³/mol. The van der Waals surface area contributed by atoms with E-state index in [0.717, 1.165) is 11.3 Å². The highest BCUT2D eigenvalue weighted by Crippen LogP contribution is 2.08. The van der Waals surface area contributed by atoms with Crippen molar-refractivity contribution >= 4 is 5.91 Å². The number of aryl methyl sites for hydroxylation is 2. The zero-order chi connectivity index (χ0) is 12.3. The number of carbonyl (C=O) groups is 1. The molecule has 1 N–H and O–H groups in total. The van der Waals surface area contributed by atoms with Crippen molar-refractivity contribution in [2.24, 2.45) is 0 Å². The van der Waals surface area contributed by atoms with Crippen molar-refractivity contribution < 1.29 is 9.21 Å². The zero-order valence-electron chi connectivity index (χ0n) is 9.86. The zero-order valence-corrected chi connectivity index (χ0v) is 9.86. The van der Waals surface area contributed by atoms with Gasteiger partial charge in [0.15, 0.2) is 0 Å². The second-order valence-corrected chi connectivity index (χ2v) is 3.88. The third kappa shape index (κ3) is 2.72. The van der Waals surface area contributed by atoms with E-state index in [0.29, 0.717) is 17.9 Å². The van der Waals surface area contributed by atoms with E-state index < -0.39 is 0 Å². The number of pyridine rings is 1. The number of hydrogen-bond donors (Lipinski definition) is 1. The first-order valence-electron chi connectivity index (χ1n) is 5.40. The summed E-state index contributed by atoms with van der Waals surface area (Å²) < 4.78 is 5.08. The van der Waals surface area contributed by atoms with E-state index in [2.05, 4.69) is 10.3 Å². The molecule has 0 saturated carbocycles. The number of nitrogens with one attached hydrogen (secondary N) is 1. The van der Waals surface area contributed by atoms with Crippen molar-refractivity contribution in [3.05, 3.63) is 53.2 Å². The van der Waals surface area contributed by atoms with Gasteiger partial charge in [0, 0.05) is 18.4 Å². The Morgan fingerprint density at radius 2 is 2.18 bits per heavy atom. The van der Waals surface area contributed by atoms with E-state index in [1.54, 1.807) is 19.2 Å². The number of aromatic nitrogens is 1. The average Bonchev–Trinajstić information content (AvgIpc) is 2.74. The molecule has 0 bridgehead atoms. The van der Waals surface area contributed by atoms with Crippen LogP contribution in [0, 0.1) is 13.8 Å². The number of furan rings is 1. The van der Waals surface area contributed by atoms with Gasteiger partial charge in [-0.2, -0.15) is 0 Å². The van der Waals surface area contributed by atoms with Crippen molar-refractivity contribution in [1.82, 2.24) is 10.3 Å². The van der Waals surface area contributed by atoms with Crippen molar-refractivity contribution in [2.75, 3.05) is 0 Å². The van der Waals surface area contributed by atoms with Gasteiger partial charge in [0.1, 0.15) is 5.76 Å². The van der Waals surface area contributed by atoms with Crippen LogP contribution in [0.15, 0.2) is 35.1 Å². The minimum atomic E-state index is -0.128. The van der Waals surface area contributed by atoms with Crippen LogP contribution in [0.4, 0.5) is 0 Å². The Labute approximate surface area is 99.7 Å². The van der Waals surface area contributed by atoms with E-state index in [-0.39, 0.29) is 5.91 Å². The van der Waals surface area contributed by atoms with Crippen LogP contribution in [0.3, 0.4) is 0 Å². The van der Waals surface area contributed by atoms with Crippen molar-refractivity contribution in [2.45, 2.75) is 20.4 Å². The van der Waals surface area contributed by atoms with Crippen molar-refractivity contribution in [1.29, 1.82) is 0 Å². The number of nitrogens with zero attached hydrogens (tertiary/aromatic N) is 1. The maximum Gasteiger partial charge on any atom is 0.255 e. The number of hydrogen-bond acceptors (Lipinski definition) is 3. The minimum Gasteiger partial charge on any atom is -0.469 e. The summed E-state index contributed by atoms with van der Waals surface area (Å²) in [7, 11) is 0. The molecule has 0 fully saturated rings. The first-order chi connectivity index (χ1) is 8.16. The highest BCUT2D eigenvalue weighted by molar-refractivity contribution is 5.94. The van der Waals surface area contributed by atoms with Gasteiger partial charge >= 0.3 is 0 Å². The van der Waals surface area contributed by atoms with Gasteiger partial charge in [-0.05, 0) is 31.5 Å². The Bertz CT molecular complexity index is 514. The van der Waals surface area contributed by atoms with Gasteiger partial charge < -0.3 is 9.73 Å². The highest BCUT2D eigenvalue weighted by atomic mass is 16.3. The molecule has 88 valence electrons. The molecule has 1 amide bonds. The summed E-state index contributed by atoms with van der Waals surface area (Å²) in [5, 5.41) is 2.82. The Balaban J connectivity index is 1.97. The van der Waals surface area contributed by atoms with E-state index in [4.69, 9.17) is 4.42 Å². The molecule has 0 saturated heterocycles. The first kappa shape index (κ1) is 11.4. The molecule has 2 aromatic rings. The van der Waals surface area contributed by atoms with Crippen LogP contribution in [0.5, 0.6) is 0 Å². The van der Waals surface area contributed by atoms with E-state index in [1.807, 2.05) is 19.1 Å². The monoisotopic (exact) mass is 230 g/mol. The Morgan fingerprint density at radius 1 is 1.35 bits per heavy atom. The smallest absolute Gasteiger partial charge is 0.255 e. The van der Waals surface area contributed by atoms with Crippen LogP contribution >= 0.6 is 0 Å². The first-order valence-corrected chi connectivity index (χ1v) is 5.40. The Kier molecular flexibility index (Phi) is 3.23. The summed E-state index contributed by atoms with van der Waals surface area (Å²) in [6.45, 7) is 4.16. The van der Waals surface area contributed by atoms with Crippen LogP contribution in [0.25, 0.3) is 0 Å². The van der Waals surface area contributed by atoms with E-state index in [9.17, 15) is 4.79 Å². The molecular formula is C13H14N2O2. The van der Waals surface area contributed by atoms with Crippen LogP contribution in [-0.2, 0) is 6.54 Å². The Morgan fingerprint density at radius 3 is 2.76 bits per heavy atom. The van der Waals surface area contributed by atoms with E-state index in [1.165, 1.54) is 6.26 Å². The van der Waals surface area contributed by atoms with Gasteiger partial charge in [-0.15, -0.1) is 0 Å². The molecule has 0 aliphatic carbocycles. The number of carbonyl (C=O) groups excluding carboxylic acids is 1. The summed E-state index contributed by atoms with van der Waals surface area (Å²) in [5.41, 5.74) is 2.51. The quantitative estimate of drug-likeness (QED) is 0.879. The second-order valence-electron chi connectivity index (χ2n) is 3.88. The van der Waals surface area contributed by atoms with Crippen LogP contribution in [0.1, 0.15) is 27.4 Å². The molecule has 2 aromatic heterocycles. The summed E-state index contributed by atoms with van der Waals surface area (Å²) in [5.74, 6) is 0.501. The normalized spacial score (nSPS) is 10.2. The molecule has 17 heavy (non-hydrogen) atoms. The lowest BCUT2D eigenvalue weighted by molar-refractivity contribution is 0.0949. The lowest BCUT2D eigenvalue weighted by Crippen LogP contribution is -2.23. The van der Waals surface area contributed by atoms with Crippen LogP contribution < -0.4 is 5.32 Å². The molecule has 0 unspecified atom stereocenters. The SMILES string of the molecule is Cc1ccc(CNC(=O)c2ccoc2C)cn1. The van der Waals surface area contributed by atoms with Crippen LogP contribution in [-0.4, -0.2) is 10.9 Å². The lowest BCUT2D eigenvalue weighted by atomic mass is 10.2. The predicted octanol–water partition coefficient (Wildman–Crippen LogP) is 2.22. The number of rotatable bonds is 3. The topological polar surface area (TPSA) is 55.1 Å². The molecule has 0 radical (unpaired) electrons. The minimum absolute atomic E-state index is 0.128. The summed E-state index contributed by atoms with van der Waals surface area (Å²) in [4.78, 5) is 15.9. The molecule has 0 aliphatic heterocycles. The summed E-state index contributed by atoms with van der Waals surface area (Å²) in [6.07, 6.45) is 3.27. The van der Waals surface area contributed by atoms with Gasteiger partial charge in [0.2, 0.25) is 0 Å². The van der Waals surface area contributed by atoms with Gasteiger partial charge in [-0.3, -0.25) is 9.78 Å². The number of amides is 1. The molecule has 4 heteroatoms. The second kappa shape index (κ2) is 4.82. The van der Waals surface area contributed by atoms with Gasteiger partial charge in [-0.1, -0.05) is 6.07 Å². The maximum absolute atomic E-state index is 11.8. The van der Waals surface area contributed by atoms with Gasteiger partial charge in [-0.25, -0.2) is 0 Å². The highest BCUT2D eigenvalue weighted by Gasteiger charge is 2.10. The van der Waals surface area contributed by atoms with E-state index >= 15 is 0 Å². The fraction of sp³-hybridized carbons (Fsp3) is 0.231. The fourth-order valence-electron chi connectivity index (χ4n) is 1.50. The maximum atomic E-state index is 11.8. The third-order valence-electron chi connectivity index (χ3n) is 2.53. The molecule has 2 rings (SSSR count). The molecule has 4 nitrogen and oxygen atoms in total. The van der Waals surface area contributed by atoms with Gasteiger partial charge in [0.05, 0.1) is 11.8 Å². The standard InChI is InChI=1S/C13H14N2O2/c1-9-3-4-11(7-14-9)8-15-13(16)12-5-6-17-10(12)2/h3-7H,8H2,1-2H3,(H,15,16). The fourth-order valence-corrected chi connectivity index (χ4v) is 1.50. The molecule has 0 aliphatic rings. The summed E-state index contributed by atoms with van der Waals surface area (Å²) >= 11 is 0. The van der Waals surface area contributed by atoms with Crippen molar-refractivity contribution in [3.8, 4) is 0 Å². The molecule has 0 spiro atoms.